The molecule has 0 heterocycles. The molecule has 0 bridgehead atoms. The zero-order valence-electron chi connectivity index (χ0n) is 14.1. The van der Waals surface area contributed by atoms with Gasteiger partial charge in [0.2, 0.25) is 0 Å². The number of aldehydes is 1. The smallest absolute Gasteiger partial charge is 0.122 e. The van der Waals surface area contributed by atoms with Gasteiger partial charge in [0.15, 0.2) is 0 Å². The molecule has 0 radical (unpaired) electrons. The van der Waals surface area contributed by atoms with Crippen LogP contribution in [-0.2, 0) is 10.2 Å². The summed E-state index contributed by atoms with van der Waals surface area (Å²) in [6, 6.07) is 15.1. The summed E-state index contributed by atoms with van der Waals surface area (Å²) in [5, 5.41) is 2.53. The van der Waals surface area contributed by atoms with Crippen LogP contribution in [0.2, 0.25) is 0 Å². The van der Waals surface area contributed by atoms with Crippen molar-refractivity contribution in [2.75, 3.05) is 0 Å². The van der Waals surface area contributed by atoms with Crippen LogP contribution in [0, 0.1) is 5.92 Å². The summed E-state index contributed by atoms with van der Waals surface area (Å²) >= 11 is 0. The number of carbonyl (C=O) groups is 1. The highest BCUT2D eigenvalue weighted by Crippen LogP contribution is 2.36. The van der Waals surface area contributed by atoms with Crippen molar-refractivity contribution in [1.82, 2.24) is 0 Å². The van der Waals surface area contributed by atoms with Crippen LogP contribution < -0.4 is 0 Å². The first-order chi connectivity index (χ1) is 10.4. The van der Waals surface area contributed by atoms with E-state index in [1.54, 1.807) is 0 Å². The Morgan fingerprint density at radius 2 is 1.82 bits per heavy atom. The molecule has 0 spiro atoms. The van der Waals surface area contributed by atoms with Crippen LogP contribution in [0.3, 0.4) is 0 Å². The molecule has 2 aromatic carbocycles. The quantitative estimate of drug-likeness (QED) is 0.495. The van der Waals surface area contributed by atoms with Crippen LogP contribution in [0.4, 0.5) is 0 Å². The maximum Gasteiger partial charge on any atom is 0.122 e. The van der Waals surface area contributed by atoms with Crippen molar-refractivity contribution < 1.29 is 4.79 Å². The highest BCUT2D eigenvalue weighted by atomic mass is 16.1. The normalized spacial score (nSPS) is 15.1. The van der Waals surface area contributed by atoms with Gasteiger partial charge in [0, 0.05) is 5.92 Å². The molecule has 2 atom stereocenters. The maximum absolute atomic E-state index is 11.1. The number of carbonyl (C=O) groups excluding carboxylic acids is 1. The lowest BCUT2D eigenvalue weighted by Crippen LogP contribution is -2.25. The highest BCUT2D eigenvalue weighted by molar-refractivity contribution is 5.83. The molecular weight excluding hydrogens is 268 g/mol. The summed E-state index contributed by atoms with van der Waals surface area (Å²) in [6.07, 6.45) is 5.19. The second-order valence-corrected chi connectivity index (χ2v) is 6.93. The Balaban J connectivity index is 2.44. The number of fused-ring (bicyclic) bond motifs is 1. The molecule has 0 N–H and O–H groups in total. The predicted octanol–water partition coefficient (Wildman–Crippen LogP) is 5.68. The first kappa shape index (κ1) is 16.5. The number of hydrogen-bond acceptors (Lipinski definition) is 1. The van der Waals surface area contributed by atoms with Gasteiger partial charge in [-0.15, -0.1) is 0 Å². The molecule has 2 unspecified atom stereocenters. The molecule has 2 aromatic rings. The van der Waals surface area contributed by atoms with Gasteiger partial charge in [-0.3, -0.25) is 0 Å². The van der Waals surface area contributed by atoms with E-state index in [9.17, 15) is 4.79 Å². The molecule has 22 heavy (non-hydrogen) atoms. The van der Waals surface area contributed by atoms with Gasteiger partial charge in [-0.05, 0) is 48.4 Å². The van der Waals surface area contributed by atoms with Crippen LogP contribution in [0.25, 0.3) is 10.8 Å². The van der Waals surface area contributed by atoms with Crippen LogP contribution in [0.5, 0.6) is 0 Å². The van der Waals surface area contributed by atoms with Gasteiger partial charge in [-0.25, -0.2) is 0 Å². The summed E-state index contributed by atoms with van der Waals surface area (Å²) in [5.41, 5.74) is 2.63. The predicted molar refractivity (Wildman–Crippen MR) is 95.2 cm³/mol. The number of hydrogen-bond donors (Lipinski definition) is 0. The van der Waals surface area contributed by atoms with E-state index >= 15 is 0 Å². The Morgan fingerprint density at radius 3 is 2.45 bits per heavy atom. The first-order valence-corrected chi connectivity index (χ1v) is 8.02. The fourth-order valence-corrected chi connectivity index (χ4v) is 3.07. The summed E-state index contributed by atoms with van der Waals surface area (Å²) in [6.45, 7) is 8.54. The molecule has 0 saturated heterocycles. The van der Waals surface area contributed by atoms with Gasteiger partial charge in [0.05, 0.1) is 0 Å². The largest absolute Gasteiger partial charge is 0.303 e. The Morgan fingerprint density at radius 1 is 1.14 bits per heavy atom. The lowest BCUT2D eigenvalue weighted by Gasteiger charge is -2.31. The van der Waals surface area contributed by atoms with E-state index < -0.39 is 0 Å². The molecule has 0 fully saturated rings. The molecule has 116 valence electrons. The van der Waals surface area contributed by atoms with Crippen molar-refractivity contribution in [3.63, 3.8) is 0 Å². The van der Waals surface area contributed by atoms with Crippen molar-refractivity contribution in [2.45, 2.75) is 46.0 Å². The van der Waals surface area contributed by atoms with Crippen molar-refractivity contribution in [1.29, 1.82) is 0 Å². The zero-order chi connectivity index (χ0) is 16.2. The molecule has 0 aliphatic carbocycles. The number of allylic oxidation sites excluding steroid dienone is 2. The van der Waals surface area contributed by atoms with Crippen molar-refractivity contribution in [3.05, 3.63) is 59.7 Å². The minimum Gasteiger partial charge on any atom is -0.303 e. The molecule has 0 aliphatic rings. The maximum atomic E-state index is 11.1. The van der Waals surface area contributed by atoms with Crippen molar-refractivity contribution in [2.24, 2.45) is 5.92 Å². The summed E-state index contributed by atoms with van der Waals surface area (Å²) in [5.74, 6) is 0.0713. The third-order valence-corrected chi connectivity index (χ3v) is 4.41. The zero-order valence-corrected chi connectivity index (χ0v) is 14.1. The van der Waals surface area contributed by atoms with Gasteiger partial charge in [0.25, 0.3) is 0 Å². The van der Waals surface area contributed by atoms with Crippen LogP contribution in [-0.4, -0.2) is 6.29 Å². The Bertz CT molecular complexity index is 679. The summed E-state index contributed by atoms with van der Waals surface area (Å²) in [4.78, 5) is 11.1. The fraction of sp³-hybridized carbons (Fsp3) is 0.381. The highest BCUT2D eigenvalue weighted by Gasteiger charge is 2.27. The molecule has 0 amide bonds. The third kappa shape index (κ3) is 3.85. The molecule has 0 saturated carbocycles. The monoisotopic (exact) mass is 294 g/mol. The van der Waals surface area contributed by atoms with E-state index in [-0.39, 0.29) is 11.3 Å². The second-order valence-electron chi connectivity index (χ2n) is 6.93. The van der Waals surface area contributed by atoms with Gasteiger partial charge < -0.3 is 4.79 Å². The van der Waals surface area contributed by atoms with Gasteiger partial charge in [-0.2, -0.15) is 0 Å². The van der Waals surface area contributed by atoms with E-state index in [0.29, 0.717) is 0 Å². The lowest BCUT2D eigenvalue weighted by molar-refractivity contribution is -0.111. The van der Waals surface area contributed by atoms with Gasteiger partial charge in [0.1, 0.15) is 6.29 Å². The Hall–Kier alpha value is -1.89. The number of benzene rings is 2. The van der Waals surface area contributed by atoms with Crippen LogP contribution in [0.1, 0.15) is 46.1 Å². The minimum absolute atomic E-state index is 0.0123. The number of rotatable bonds is 6. The molecule has 0 aromatic heterocycles. The second kappa shape index (κ2) is 6.91. The standard InChI is InChI=1S/C21H26O/c1-16(2)11-12-21(4,14-17(3)15-22)20-10-9-18-7-5-6-8-19(18)13-20/h5-11,13,15,17H,12,14H2,1-4H3. The van der Waals surface area contributed by atoms with Gasteiger partial charge in [-0.1, -0.05) is 68.0 Å². The lowest BCUT2D eigenvalue weighted by atomic mass is 9.73. The van der Waals surface area contributed by atoms with E-state index in [0.717, 1.165) is 19.1 Å². The topological polar surface area (TPSA) is 17.1 Å². The SMILES string of the molecule is CC(C)=CCC(C)(CC(C)C=O)c1ccc2ccccc2c1. The molecule has 1 heteroatoms. The van der Waals surface area contributed by atoms with Crippen LogP contribution in [0.15, 0.2) is 54.1 Å². The van der Waals surface area contributed by atoms with Gasteiger partial charge >= 0.3 is 0 Å². The van der Waals surface area contributed by atoms with Crippen molar-refractivity contribution >= 4 is 17.1 Å². The third-order valence-electron chi connectivity index (χ3n) is 4.41. The summed E-state index contributed by atoms with van der Waals surface area (Å²) in [7, 11) is 0. The Kier molecular flexibility index (Phi) is 5.18. The van der Waals surface area contributed by atoms with Crippen molar-refractivity contribution in [3.8, 4) is 0 Å². The summed E-state index contributed by atoms with van der Waals surface area (Å²) < 4.78 is 0. The molecule has 0 aliphatic heterocycles. The van der Waals surface area contributed by atoms with E-state index in [2.05, 4.69) is 69.3 Å². The van der Waals surface area contributed by atoms with E-state index in [1.807, 2.05) is 6.92 Å². The van der Waals surface area contributed by atoms with Crippen LogP contribution >= 0.6 is 0 Å². The fourth-order valence-electron chi connectivity index (χ4n) is 3.07. The first-order valence-electron chi connectivity index (χ1n) is 8.02. The molecule has 2 rings (SSSR count). The Labute approximate surface area is 134 Å². The van der Waals surface area contributed by atoms with E-state index in [1.165, 1.54) is 21.9 Å². The molecule has 1 nitrogen and oxygen atoms in total. The average Bonchev–Trinajstić information content (AvgIpc) is 2.52. The molecular formula is C21H26O. The van der Waals surface area contributed by atoms with E-state index in [4.69, 9.17) is 0 Å². The minimum atomic E-state index is -0.0123. The average molecular weight is 294 g/mol.